The van der Waals surface area contributed by atoms with E-state index in [1.807, 2.05) is 0 Å². The fraction of sp³-hybridized carbons (Fsp3) is 0.231. The molecule has 1 aromatic heterocycles. The maximum atomic E-state index is 12.0. The van der Waals surface area contributed by atoms with Crippen molar-refractivity contribution in [1.82, 2.24) is 15.3 Å². The van der Waals surface area contributed by atoms with Crippen molar-refractivity contribution in [2.45, 2.75) is 19.7 Å². The van der Waals surface area contributed by atoms with Crippen LogP contribution in [-0.4, -0.2) is 16.6 Å². The molecule has 0 aliphatic carbocycles. The van der Waals surface area contributed by atoms with Crippen LogP contribution < -0.4 is 10.1 Å². The normalized spacial score (nSPS) is 10.7. The number of halogens is 2. The van der Waals surface area contributed by atoms with Gasteiger partial charge >= 0.3 is 6.61 Å². The van der Waals surface area contributed by atoms with Crippen LogP contribution in [0.2, 0.25) is 0 Å². The number of ether oxygens (including phenoxy) is 1. The van der Waals surface area contributed by atoms with Gasteiger partial charge in [-0.2, -0.15) is 8.78 Å². The summed E-state index contributed by atoms with van der Waals surface area (Å²) in [5.74, 6) is 0.162. The zero-order valence-electron chi connectivity index (χ0n) is 10.1. The zero-order valence-corrected chi connectivity index (χ0v) is 10.1. The summed E-state index contributed by atoms with van der Waals surface area (Å²) in [6, 6.07) is 6.53. The molecule has 0 unspecified atom stereocenters. The van der Waals surface area contributed by atoms with Crippen molar-refractivity contribution in [3.8, 4) is 5.75 Å². The van der Waals surface area contributed by atoms with Gasteiger partial charge in [0.1, 0.15) is 12.1 Å². The molecule has 19 heavy (non-hydrogen) atoms. The van der Waals surface area contributed by atoms with E-state index in [1.54, 1.807) is 24.5 Å². The van der Waals surface area contributed by atoms with Crippen molar-refractivity contribution in [1.29, 1.82) is 0 Å². The van der Waals surface area contributed by atoms with Crippen LogP contribution in [0.4, 0.5) is 8.78 Å². The number of hydrogen-bond donors (Lipinski definition) is 1. The summed E-state index contributed by atoms with van der Waals surface area (Å²) in [5.41, 5.74) is 1.97. The highest BCUT2D eigenvalue weighted by atomic mass is 19.3. The van der Waals surface area contributed by atoms with E-state index in [2.05, 4.69) is 20.0 Å². The highest BCUT2D eigenvalue weighted by molar-refractivity contribution is 5.27. The summed E-state index contributed by atoms with van der Waals surface area (Å²) < 4.78 is 28.2. The SMILES string of the molecule is FC(F)Oc1ccc(CNCc2cncnc2)cc1. The van der Waals surface area contributed by atoms with Gasteiger partial charge in [-0.25, -0.2) is 9.97 Å². The van der Waals surface area contributed by atoms with E-state index >= 15 is 0 Å². The fourth-order valence-corrected chi connectivity index (χ4v) is 1.56. The van der Waals surface area contributed by atoms with Crippen molar-refractivity contribution < 1.29 is 13.5 Å². The Balaban J connectivity index is 1.80. The number of rotatable bonds is 6. The lowest BCUT2D eigenvalue weighted by atomic mass is 10.2. The predicted octanol–water partition coefficient (Wildman–Crippen LogP) is 2.37. The molecule has 0 bridgehead atoms. The molecule has 0 spiro atoms. The molecule has 0 aliphatic rings. The molecule has 2 rings (SSSR count). The van der Waals surface area contributed by atoms with Crippen LogP contribution in [0.3, 0.4) is 0 Å². The molecule has 0 saturated heterocycles. The molecular weight excluding hydrogens is 252 g/mol. The number of hydrogen-bond acceptors (Lipinski definition) is 4. The first-order valence-corrected chi connectivity index (χ1v) is 5.72. The Morgan fingerprint density at radius 3 is 2.26 bits per heavy atom. The third kappa shape index (κ3) is 4.59. The van der Waals surface area contributed by atoms with Crippen LogP contribution in [-0.2, 0) is 13.1 Å². The van der Waals surface area contributed by atoms with Gasteiger partial charge in [0, 0.05) is 31.0 Å². The van der Waals surface area contributed by atoms with Gasteiger partial charge in [-0.05, 0) is 17.7 Å². The molecule has 0 atom stereocenters. The third-order valence-electron chi connectivity index (χ3n) is 2.42. The number of alkyl halides is 2. The molecule has 0 radical (unpaired) electrons. The molecule has 0 fully saturated rings. The van der Waals surface area contributed by atoms with Gasteiger partial charge in [-0.15, -0.1) is 0 Å². The van der Waals surface area contributed by atoms with Crippen LogP contribution in [0.1, 0.15) is 11.1 Å². The van der Waals surface area contributed by atoms with Crippen LogP contribution in [0.5, 0.6) is 5.75 Å². The van der Waals surface area contributed by atoms with Gasteiger partial charge in [0.05, 0.1) is 0 Å². The molecule has 1 N–H and O–H groups in total. The van der Waals surface area contributed by atoms with Gasteiger partial charge in [0.25, 0.3) is 0 Å². The highest BCUT2D eigenvalue weighted by Gasteiger charge is 2.03. The Kier molecular flexibility index (Phi) is 4.74. The Labute approximate surface area is 109 Å². The van der Waals surface area contributed by atoms with E-state index in [-0.39, 0.29) is 5.75 Å². The molecule has 1 aromatic carbocycles. The second-order valence-corrected chi connectivity index (χ2v) is 3.87. The number of nitrogens with one attached hydrogen (secondary N) is 1. The van der Waals surface area contributed by atoms with Crippen molar-refractivity contribution >= 4 is 0 Å². The Morgan fingerprint density at radius 2 is 1.63 bits per heavy atom. The van der Waals surface area contributed by atoms with Crippen molar-refractivity contribution in [3.05, 3.63) is 54.1 Å². The lowest BCUT2D eigenvalue weighted by Crippen LogP contribution is -2.13. The van der Waals surface area contributed by atoms with Crippen molar-refractivity contribution in [2.24, 2.45) is 0 Å². The number of benzene rings is 1. The summed E-state index contributed by atoms with van der Waals surface area (Å²) in [4.78, 5) is 7.82. The van der Waals surface area contributed by atoms with Crippen LogP contribution in [0.25, 0.3) is 0 Å². The summed E-state index contributed by atoms with van der Waals surface area (Å²) >= 11 is 0. The number of nitrogens with zero attached hydrogens (tertiary/aromatic N) is 2. The summed E-state index contributed by atoms with van der Waals surface area (Å²) in [7, 11) is 0. The minimum absolute atomic E-state index is 0.162. The average Bonchev–Trinajstić information content (AvgIpc) is 2.41. The van der Waals surface area contributed by atoms with E-state index in [1.165, 1.54) is 18.5 Å². The first-order valence-electron chi connectivity index (χ1n) is 5.72. The average molecular weight is 265 g/mol. The first-order chi connectivity index (χ1) is 9.24. The van der Waals surface area contributed by atoms with Gasteiger partial charge in [-0.3, -0.25) is 0 Å². The third-order valence-corrected chi connectivity index (χ3v) is 2.42. The molecule has 0 saturated carbocycles. The Bertz CT molecular complexity index is 491. The van der Waals surface area contributed by atoms with E-state index in [0.717, 1.165) is 11.1 Å². The zero-order chi connectivity index (χ0) is 13.5. The maximum absolute atomic E-state index is 12.0. The van der Waals surface area contributed by atoms with E-state index in [9.17, 15) is 8.78 Å². The van der Waals surface area contributed by atoms with E-state index in [4.69, 9.17) is 0 Å². The molecule has 100 valence electrons. The largest absolute Gasteiger partial charge is 0.435 e. The molecule has 1 heterocycles. The van der Waals surface area contributed by atoms with Crippen LogP contribution >= 0.6 is 0 Å². The number of aromatic nitrogens is 2. The lowest BCUT2D eigenvalue weighted by Gasteiger charge is -2.07. The van der Waals surface area contributed by atoms with Crippen LogP contribution in [0.15, 0.2) is 43.0 Å². The van der Waals surface area contributed by atoms with E-state index in [0.29, 0.717) is 13.1 Å². The van der Waals surface area contributed by atoms with Gasteiger partial charge in [0.2, 0.25) is 0 Å². The second-order valence-electron chi connectivity index (χ2n) is 3.87. The fourth-order valence-electron chi connectivity index (χ4n) is 1.56. The minimum Gasteiger partial charge on any atom is -0.435 e. The molecule has 4 nitrogen and oxygen atoms in total. The molecule has 0 aliphatic heterocycles. The van der Waals surface area contributed by atoms with Crippen molar-refractivity contribution in [3.63, 3.8) is 0 Å². The summed E-state index contributed by atoms with van der Waals surface area (Å²) in [5, 5.41) is 3.21. The summed E-state index contributed by atoms with van der Waals surface area (Å²) in [6.07, 6.45) is 4.95. The quantitative estimate of drug-likeness (QED) is 0.871. The van der Waals surface area contributed by atoms with Crippen LogP contribution in [0, 0.1) is 0 Å². The monoisotopic (exact) mass is 265 g/mol. The highest BCUT2D eigenvalue weighted by Crippen LogP contribution is 2.14. The van der Waals surface area contributed by atoms with E-state index < -0.39 is 6.61 Å². The Morgan fingerprint density at radius 1 is 1.00 bits per heavy atom. The smallest absolute Gasteiger partial charge is 0.387 e. The van der Waals surface area contributed by atoms with Crippen molar-refractivity contribution in [2.75, 3.05) is 0 Å². The molecular formula is C13H13F2N3O. The topological polar surface area (TPSA) is 47.0 Å². The van der Waals surface area contributed by atoms with Gasteiger partial charge in [-0.1, -0.05) is 12.1 Å². The lowest BCUT2D eigenvalue weighted by molar-refractivity contribution is -0.0498. The summed E-state index contributed by atoms with van der Waals surface area (Å²) in [6.45, 7) is -1.51. The minimum atomic E-state index is -2.79. The maximum Gasteiger partial charge on any atom is 0.387 e. The molecule has 2 aromatic rings. The van der Waals surface area contributed by atoms with Gasteiger partial charge in [0.15, 0.2) is 0 Å². The Hall–Kier alpha value is -2.08. The molecule has 0 amide bonds. The molecule has 6 heteroatoms. The van der Waals surface area contributed by atoms with Gasteiger partial charge < -0.3 is 10.1 Å². The first kappa shape index (κ1) is 13.4. The second kappa shape index (κ2) is 6.75. The standard InChI is InChI=1S/C13H13F2N3O/c14-13(15)19-12-3-1-10(2-4-12)5-16-6-11-7-17-9-18-8-11/h1-4,7-9,13,16H,5-6H2. The predicted molar refractivity (Wildman–Crippen MR) is 65.6 cm³/mol.